The number of hydrogen-bond acceptors (Lipinski definition) is 5. The van der Waals surface area contributed by atoms with Crippen LogP contribution in [0.3, 0.4) is 0 Å². The number of anilines is 3. The molecule has 24 heavy (non-hydrogen) atoms. The van der Waals surface area contributed by atoms with Crippen molar-refractivity contribution in [3.05, 3.63) is 48.5 Å². The van der Waals surface area contributed by atoms with Gasteiger partial charge in [0, 0.05) is 17.1 Å². The van der Waals surface area contributed by atoms with Crippen LogP contribution in [0.2, 0.25) is 0 Å². The molecule has 1 aliphatic rings. The number of hydrogen-bond donors (Lipinski definition) is 2. The van der Waals surface area contributed by atoms with Crippen molar-refractivity contribution < 1.29 is 4.74 Å². The predicted octanol–water partition coefficient (Wildman–Crippen LogP) is 4.35. The molecular weight excluding hydrogens is 300 g/mol. The van der Waals surface area contributed by atoms with Gasteiger partial charge in [-0.15, -0.1) is 0 Å². The van der Waals surface area contributed by atoms with Crippen molar-refractivity contribution >= 4 is 28.4 Å². The Morgan fingerprint density at radius 3 is 2.58 bits per heavy atom. The van der Waals surface area contributed by atoms with E-state index in [4.69, 9.17) is 4.74 Å². The quantitative estimate of drug-likeness (QED) is 0.707. The normalized spacial score (nSPS) is 13.7. The maximum absolute atomic E-state index is 5.47. The van der Waals surface area contributed by atoms with Crippen LogP contribution in [-0.4, -0.2) is 22.6 Å². The fraction of sp³-hybridized carbons (Fsp3) is 0.263. The maximum Gasteiger partial charge on any atom is 0.229 e. The van der Waals surface area contributed by atoms with Gasteiger partial charge in [-0.25, -0.2) is 4.98 Å². The first-order valence-electron chi connectivity index (χ1n) is 8.35. The van der Waals surface area contributed by atoms with E-state index < -0.39 is 0 Å². The van der Waals surface area contributed by atoms with E-state index >= 15 is 0 Å². The smallest absolute Gasteiger partial charge is 0.229 e. The molecule has 0 atom stereocenters. The second kappa shape index (κ2) is 6.35. The first-order valence-corrected chi connectivity index (χ1v) is 8.35. The van der Waals surface area contributed by atoms with E-state index in [2.05, 4.69) is 26.7 Å². The van der Waals surface area contributed by atoms with Gasteiger partial charge in [-0.2, -0.15) is 4.98 Å². The first-order chi connectivity index (χ1) is 11.8. The number of nitrogens with zero attached hydrogens (tertiary/aromatic N) is 2. The zero-order valence-corrected chi connectivity index (χ0v) is 13.6. The Balaban J connectivity index is 1.63. The molecule has 0 bridgehead atoms. The lowest BCUT2D eigenvalue weighted by atomic mass is 10.2. The van der Waals surface area contributed by atoms with Gasteiger partial charge >= 0.3 is 0 Å². The molecule has 2 N–H and O–H groups in total. The SMILES string of the molecule is CCOc1ccc(Nc2nc(NC3CC3)c3ccccc3n2)cc1. The molecule has 1 fully saturated rings. The minimum absolute atomic E-state index is 0.543. The number of rotatable bonds is 6. The van der Waals surface area contributed by atoms with Crippen molar-refractivity contribution in [2.24, 2.45) is 0 Å². The maximum atomic E-state index is 5.47. The van der Waals surface area contributed by atoms with E-state index in [-0.39, 0.29) is 0 Å². The van der Waals surface area contributed by atoms with Crippen LogP contribution in [0.25, 0.3) is 10.9 Å². The Labute approximate surface area is 141 Å². The Bertz CT molecular complexity index is 844. The third kappa shape index (κ3) is 3.25. The van der Waals surface area contributed by atoms with E-state index in [1.165, 1.54) is 12.8 Å². The van der Waals surface area contributed by atoms with E-state index in [0.29, 0.717) is 18.6 Å². The molecule has 5 heteroatoms. The van der Waals surface area contributed by atoms with Crippen molar-refractivity contribution in [2.45, 2.75) is 25.8 Å². The van der Waals surface area contributed by atoms with Gasteiger partial charge in [0.05, 0.1) is 12.1 Å². The molecule has 1 aliphatic carbocycles. The van der Waals surface area contributed by atoms with Gasteiger partial charge in [0.25, 0.3) is 0 Å². The van der Waals surface area contributed by atoms with Crippen LogP contribution in [0.15, 0.2) is 48.5 Å². The molecule has 4 rings (SSSR count). The molecule has 0 saturated heterocycles. The molecule has 3 aromatic rings. The molecule has 0 spiro atoms. The second-order valence-corrected chi connectivity index (χ2v) is 5.91. The predicted molar refractivity (Wildman–Crippen MR) is 97.1 cm³/mol. The standard InChI is InChI=1S/C19H20N4O/c1-2-24-15-11-9-14(10-12-15)21-19-22-17-6-4-3-5-16(17)18(23-19)20-13-7-8-13/h3-6,9-13H,2,7-8H2,1H3,(H2,20,21,22,23). The number of ether oxygens (including phenoxy) is 1. The van der Waals surface area contributed by atoms with Gasteiger partial charge in [0.1, 0.15) is 11.6 Å². The Morgan fingerprint density at radius 2 is 1.83 bits per heavy atom. The Morgan fingerprint density at radius 1 is 1.04 bits per heavy atom. The lowest BCUT2D eigenvalue weighted by Gasteiger charge is -2.11. The highest BCUT2D eigenvalue weighted by Crippen LogP contribution is 2.29. The van der Waals surface area contributed by atoms with Gasteiger partial charge in [0.15, 0.2) is 0 Å². The second-order valence-electron chi connectivity index (χ2n) is 5.91. The van der Waals surface area contributed by atoms with Gasteiger partial charge in [0.2, 0.25) is 5.95 Å². The minimum Gasteiger partial charge on any atom is -0.494 e. The van der Waals surface area contributed by atoms with E-state index in [0.717, 1.165) is 28.2 Å². The van der Waals surface area contributed by atoms with Crippen molar-refractivity contribution in [1.82, 2.24) is 9.97 Å². The van der Waals surface area contributed by atoms with Gasteiger partial charge in [-0.05, 0) is 56.2 Å². The van der Waals surface area contributed by atoms with Crippen LogP contribution in [-0.2, 0) is 0 Å². The van der Waals surface area contributed by atoms with Crippen LogP contribution < -0.4 is 15.4 Å². The highest BCUT2D eigenvalue weighted by atomic mass is 16.5. The fourth-order valence-electron chi connectivity index (χ4n) is 2.59. The van der Waals surface area contributed by atoms with Crippen molar-refractivity contribution in [2.75, 3.05) is 17.2 Å². The van der Waals surface area contributed by atoms with Gasteiger partial charge in [-0.3, -0.25) is 0 Å². The highest BCUT2D eigenvalue weighted by Gasteiger charge is 2.22. The number of benzene rings is 2. The summed E-state index contributed by atoms with van der Waals surface area (Å²) in [6.45, 7) is 2.64. The average molecular weight is 320 g/mol. The third-order valence-corrected chi connectivity index (χ3v) is 3.94. The first kappa shape index (κ1) is 14.8. The topological polar surface area (TPSA) is 59.1 Å². The zero-order chi connectivity index (χ0) is 16.4. The lowest BCUT2D eigenvalue weighted by molar-refractivity contribution is 0.340. The van der Waals surface area contributed by atoms with Crippen LogP contribution in [0.4, 0.5) is 17.5 Å². The number of para-hydroxylation sites is 1. The Hall–Kier alpha value is -2.82. The lowest BCUT2D eigenvalue weighted by Crippen LogP contribution is -2.07. The average Bonchev–Trinajstić information content (AvgIpc) is 3.41. The summed E-state index contributed by atoms with van der Waals surface area (Å²) in [5.74, 6) is 2.36. The molecule has 5 nitrogen and oxygen atoms in total. The van der Waals surface area contributed by atoms with Crippen molar-refractivity contribution in [1.29, 1.82) is 0 Å². The van der Waals surface area contributed by atoms with Crippen molar-refractivity contribution in [3.63, 3.8) is 0 Å². The molecule has 0 amide bonds. The van der Waals surface area contributed by atoms with E-state index in [1.54, 1.807) is 0 Å². The van der Waals surface area contributed by atoms with Crippen LogP contribution in [0.5, 0.6) is 5.75 Å². The number of nitrogens with one attached hydrogen (secondary N) is 2. The summed E-state index contributed by atoms with van der Waals surface area (Å²) in [6, 6.07) is 16.4. The molecule has 2 aromatic carbocycles. The molecule has 1 heterocycles. The van der Waals surface area contributed by atoms with Crippen molar-refractivity contribution in [3.8, 4) is 5.75 Å². The van der Waals surface area contributed by atoms with E-state index in [1.807, 2.05) is 49.4 Å². The molecule has 0 aliphatic heterocycles. The molecule has 0 radical (unpaired) electrons. The van der Waals surface area contributed by atoms with Gasteiger partial charge in [-0.1, -0.05) is 12.1 Å². The summed E-state index contributed by atoms with van der Waals surface area (Å²) in [4.78, 5) is 9.29. The van der Waals surface area contributed by atoms with Crippen LogP contribution >= 0.6 is 0 Å². The molecule has 1 saturated carbocycles. The van der Waals surface area contributed by atoms with Crippen LogP contribution in [0.1, 0.15) is 19.8 Å². The van der Waals surface area contributed by atoms with E-state index in [9.17, 15) is 0 Å². The minimum atomic E-state index is 0.543. The summed E-state index contributed by atoms with van der Waals surface area (Å²) in [5.41, 5.74) is 1.87. The highest BCUT2D eigenvalue weighted by molar-refractivity contribution is 5.90. The largest absolute Gasteiger partial charge is 0.494 e. The fourth-order valence-corrected chi connectivity index (χ4v) is 2.59. The number of fused-ring (bicyclic) bond motifs is 1. The third-order valence-electron chi connectivity index (χ3n) is 3.94. The summed E-state index contributed by atoms with van der Waals surface area (Å²) in [7, 11) is 0. The molecule has 122 valence electrons. The summed E-state index contributed by atoms with van der Waals surface area (Å²) >= 11 is 0. The summed E-state index contributed by atoms with van der Waals surface area (Å²) in [5, 5.41) is 7.84. The molecular formula is C19H20N4O. The summed E-state index contributed by atoms with van der Waals surface area (Å²) < 4.78 is 5.47. The van der Waals surface area contributed by atoms with Crippen LogP contribution in [0, 0.1) is 0 Å². The monoisotopic (exact) mass is 320 g/mol. The zero-order valence-electron chi connectivity index (χ0n) is 13.6. The number of aromatic nitrogens is 2. The Kier molecular flexibility index (Phi) is 3.91. The molecule has 1 aromatic heterocycles. The summed E-state index contributed by atoms with van der Waals surface area (Å²) in [6.07, 6.45) is 2.42. The van der Waals surface area contributed by atoms with Gasteiger partial charge < -0.3 is 15.4 Å². The molecule has 0 unspecified atom stereocenters.